The first-order valence-corrected chi connectivity index (χ1v) is 7.72. The molecule has 0 radical (unpaired) electrons. The van der Waals surface area contributed by atoms with E-state index >= 15 is 0 Å². The van der Waals surface area contributed by atoms with Gasteiger partial charge in [0.05, 0.1) is 0 Å². The summed E-state index contributed by atoms with van der Waals surface area (Å²) in [5, 5.41) is 0. The first-order chi connectivity index (χ1) is 8.76. The Morgan fingerprint density at radius 2 is 2.00 bits per heavy atom. The summed E-state index contributed by atoms with van der Waals surface area (Å²) in [5.74, 6) is 1.23. The topological polar surface area (TPSA) is 29.3 Å². The van der Waals surface area contributed by atoms with Crippen molar-refractivity contribution in [3.8, 4) is 0 Å². The Kier molecular flexibility index (Phi) is 5.22. The van der Waals surface area contributed by atoms with Crippen LogP contribution < -0.4 is 5.73 Å². The molecule has 1 atom stereocenters. The van der Waals surface area contributed by atoms with E-state index in [1.54, 1.807) is 0 Å². The van der Waals surface area contributed by atoms with Crippen LogP contribution in [0.2, 0.25) is 0 Å². The van der Waals surface area contributed by atoms with Crippen LogP contribution in [0.5, 0.6) is 0 Å². The number of piperidine rings is 1. The van der Waals surface area contributed by atoms with Crippen LogP contribution in [0.1, 0.15) is 31.2 Å². The lowest BCUT2D eigenvalue weighted by Crippen LogP contribution is -2.37. The molecule has 0 aromatic heterocycles. The Bertz CT molecular complexity index is 373. The molecule has 18 heavy (non-hydrogen) atoms. The van der Waals surface area contributed by atoms with Gasteiger partial charge in [0.15, 0.2) is 0 Å². The maximum Gasteiger partial charge on any atom is 0.0210 e. The molecule has 1 aromatic carbocycles. The number of hydrogen-bond acceptors (Lipinski definition) is 2. The minimum Gasteiger partial charge on any atom is -0.330 e. The number of halogens is 1. The van der Waals surface area contributed by atoms with E-state index in [-0.39, 0.29) is 0 Å². The molecule has 1 heterocycles. The summed E-state index contributed by atoms with van der Waals surface area (Å²) in [6.45, 7) is 6.62. The zero-order valence-electron chi connectivity index (χ0n) is 11.1. The molecule has 0 saturated carbocycles. The number of likely N-dealkylation sites (tertiary alicyclic amines) is 1. The molecule has 1 fully saturated rings. The largest absolute Gasteiger partial charge is 0.330 e. The van der Waals surface area contributed by atoms with Crippen molar-refractivity contribution < 1.29 is 0 Å². The highest BCUT2D eigenvalue weighted by molar-refractivity contribution is 9.10. The third-order valence-electron chi connectivity index (χ3n) is 4.21. The molecule has 0 amide bonds. The summed E-state index contributed by atoms with van der Waals surface area (Å²) in [6, 6.07) is 8.53. The molecule has 1 saturated heterocycles. The van der Waals surface area contributed by atoms with Gasteiger partial charge in [0.2, 0.25) is 0 Å². The van der Waals surface area contributed by atoms with E-state index in [9.17, 15) is 0 Å². The van der Waals surface area contributed by atoms with Crippen LogP contribution in [0, 0.1) is 5.92 Å². The Balaban J connectivity index is 2.08. The fourth-order valence-corrected chi connectivity index (χ4v) is 3.60. The lowest BCUT2D eigenvalue weighted by atomic mass is 9.80. The number of benzene rings is 1. The predicted octanol–water partition coefficient (Wildman–Crippen LogP) is 3.22. The summed E-state index contributed by atoms with van der Waals surface area (Å²) in [6.07, 6.45) is 2.55. The summed E-state index contributed by atoms with van der Waals surface area (Å²) in [4.78, 5) is 2.53. The van der Waals surface area contributed by atoms with Crippen molar-refractivity contribution in [1.82, 2.24) is 4.90 Å². The molecule has 2 nitrogen and oxygen atoms in total. The first kappa shape index (κ1) is 14.0. The lowest BCUT2D eigenvalue weighted by molar-refractivity contribution is 0.176. The molecule has 1 aromatic rings. The van der Waals surface area contributed by atoms with Gasteiger partial charge in [-0.15, -0.1) is 0 Å². The fourth-order valence-electron chi connectivity index (χ4n) is 3.02. The molecular formula is C15H23BrN2. The predicted molar refractivity (Wildman–Crippen MR) is 80.8 cm³/mol. The normalized spacial score (nSPS) is 19.9. The number of rotatable bonds is 4. The van der Waals surface area contributed by atoms with Crippen LogP contribution in [-0.2, 0) is 0 Å². The maximum absolute atomic E-state index is 6.04. The molecular weight excluding hydrogens is 288 g/mol. The second-order valence-electron chi connectivity index (χ2n) is 5.14. The Morgan fingerprint density at radius 3 is 2.56 bits per heavy atom. The van der Waals surface area contributed by atoms with Crippen LogP contribution in [0.25, 0.3) is 0 Å². The molecule has 1 unspecified atom stereocenters. The summed E-state index contributed by atoms with van der Waals surface area (Å²) in [5.41, 5.74) is 7.42. The van der Waals surface area contributed by atoms with Gasteiger partial charge in [-0.1, -0.05) is 41.1 Å². The molecule has 1 aliphatic heterocycles. The summed E-state index contributed by atoms with van der Waals surface area (Å²) < 4.78 is 1.21. The average molecular weight is 311 g/mol. The SMILES string of the molecule is CCN1CCC(C(CN)c2ccccc2Br)CC1. The molecule has 0 bridgehead atoms. The molecule has 2 rings (SSSR count). The molecule has 1 aliphatic rings. The molecule has 100 valence electrons. The van der Waals surface area contributed by atoms with E-state index < -0.39 is 0 Å². The highest BCUT2D eigenvalue weighted by Gasteiger charge is 2.27. The van der Waals surface area contributed by atoms with E-state index in [0.717, 1.165) is 12.5 Å². The van der Waals surface area contributed by atoms with Gasteiger partial charge in [0.1, 0.15) is 0 Å². The quantitative estimate of drug-likeness (QED) is 0.925. The minimum atomic E-state index is 0.500. The lowest BCUT2D eigenvalue weighted by Gasteiger charge is -2.35. The van der Waals surface area contributed by atoms with E-state index in [2.05, 4.69) is 52.0 Å². The van der Waals surface area contributed by atoms with Crippen molar-refractivity contribution in [2.75, 3.05) is 26.2 Å². The van der Waals surface area contributed by atoms with Crippen molar-refractivity contribution in [3.63, 3.8) is 0 Å². The van der Waals surface area contributed by atoms with Crippen molar-refractivity contribution in [2.24, 2.45) is 11.7 Å². The van der Waals surface area contributed by atoms with Crippen molar-refractivity contribution >= 4 is 15.9 Å². The number of hydrogen-bond donors (Lipinski definition) is 1. The highest BCUT2D eigenvalue weighted by Crippen LogP contribution is 2.35. The van der Waals surface area contributed by atoms with Crippen molar-refractivity contribution in [1.29, 1.82) is 0 Å². The second-order valence-corrected chi connectivity index (χ2v) is 5.99. The van der Waals surface area contributed by atoms with Gasteiger partial charge >= 0.3 is 0 Å². The monoisotopic (exact) mass is 310 g/mol. The zero-order valence-corrected chi connectivity index (χ0v) is 12.7. The van der Waals surface area contributed by atoms with Crippen LogP contribution in [0.3, 0.4) is 0 Å². The zero-order chi connectivity index (χ0) is 13.0. The number of nitrogens with two attached hydrogens (primary N) is 1. The molecule has 0 aliphatic carbocycles. The summed E-state index contributed by atoms with van der Waals surface area (Å²) in [7, 11) is 0. The van der Waals surface area contributed by atoms with Crippen LogP contribution in [0.15, 0.2) is 28.7 Å². The van der Waals surface area contributed by atoms with Gasteiger partial charge in [-0.05, 0) is 56.6 Å². The van der Waals surface area contributed by atoms with Gasteiger partial charge in [0.25, 0.3) is 0 Å². The Hall–Kier alpha value is -0.380. The van der Waals surface area contributed by atoms with Gasteiger partial charge in [-0.3, -0.25) is 0 Å². The van der Waals surface area contributed by atoms with Crippen molar-refractivity contribution in [2.45, 2.75) is 25.7 Å². The van der Waals surface area contributed by atoms with E-state index in [1.165, 1.54) is 42.5 Å². The van der Waals surface area contributed by atoms with E-state index in [0.29, 0.717) is 5.92 Å². The maximum atomic E-state index is 6.04. The molecule has 0 spiro atoms. The highest BCUT2D eigenvalue weighted by atomic mass is 79.9. The first-order valence-electron chi connectivity index (χ1n) is 6.93. The minimum absolute atomic E-state index is 0.500. The fraction of sp³-hybridized carbons (Fsp3) is 0.600. The van der Waals surface area contributed by atoms with Crippen molar-refractivity contribution in [3.05, 3.63) is 34.3 Å². The van der Waals surface area contributed by atoms with Gasteiger partial charge in [-0.25, -0.2) is 0 Å². The smallest absolute Gasteiger partial charge is 0.0210 e. The van der Waals surface area contributed by atoms with Gasteiger partial charge in [-0.2, -0.15) is 0 Å². The Morgan fingerprint density at radius 1 is 1.33 bits per heavy atom. The van der Waals surface area contributed by atoms with E-state index in [1.807, 2.05) is 0 Å². The standard InChI is InChI=1S/C15H23BrN2/c1-2-18-9-7-12(8-10-18)14(11-17)13-5-3-4-6-15(13)16/h3-6,12,14H,2,7-11,17H2,1H3. The van der Waals surface area contributed by atoms with E-state index in [4.69, 9.17) is 5.73 Å². The van der Waals surface area contributed by atoms with Crippen LogP contribution in [-0.4, -0.2) is 31.1 Å². The molecule has 3 heteroatoms. The summed E-state index contributed by atoms with van der Waals surface area (Å²) >= 11 is 3.66. The average Bonchev–Trinajstić information content (AvgIpc) is 2.42. The van der Waals surface area contributed by atoms with Gasteiger partial charge in [0, 0.05) is 10.4 Å². The van der Waals surface area contributed by atoms with Gasteiger partial charge < -0.3 is 10.6 Å². The van der Waals surface area contributed by atoms with Crippen LogP contribution >= 0.6 is 15.9 Å². The van der Waals surface area contributed by atoms with Crippen LogP contribution in [0.4, 0.5) is 0 Å². The third kappa shape index (κ3) is 3.14. The number of nitrogens with zero attached hydrogens (tertiary/aromatic N) is 1. The Labute approximate surface area is 119 Å². The third-order valence-corrected chi connectivity index (χ3v) is 4.93. The molecule has 2 N–H and O–H groups in total. The second kappa shape index (κ2) is 6.69.